The Bertz CT molecular complexity index is 587. The molecule has 0 aromatic heterocycles. The smallest absolute Gasteiger partial charge is 0.119 e. The Hall–Kier alpha value is -1.80. The van der Waals surface area contributed by atoms with Gasteiger partial charge < -0.3 is 10.5 Å². The molecular weight excluding hydrogens is 246 g/mol. The molecule has 0 bridgehead atoms. The van der Waals surface area contributed by atoms with E-state index in [0.717, 1.165) is 11.3 Å². The van der Waals surface area contributed by atoms with Crippen molar-refractivity contribution in [2.24, 2.45) is 5.73 Å². The Morgan fingerprint density at radius 3 is 2.55 bits per heavy atom. The first kappa shape index (κ1) is 13.2. The van der Waals surface area contributed by atoms with Gasteiger partial charge in [0.15, 0.2) is 0 Å². The molecule has 2 heteroatoms. The molecule has 0 saturated heterocycles. The van der Waals surface area contributed by atoms with Gasteiger partial charge in [-0.1, -0.05) is 30.3 Å². The van der Waals surface area contributed by atoms with E-state index in [9.17, 15) is 0 Å². The first-order valence-electron chi connectivity index (χ1n) is 7.31. The van der Waals surface area contributed by atoms with Crippen LogP contribution in [-0.4, -0.2) is 0 Å². The monoisotopic (exact) mass is 267 g/mol. The fourth-order valence-electron chi connectivity index (χ4n) is 2.75. The predicted octanol–water partition coefficient (Wildman–Crippen LogP) is 3.77. The molecule has 2 aromatic rings. The highest BCUT2D eigenvalue weighted by Gasteiger charge is 2.10. The number of nitrogens with two attached hydrogens (primary N) is 1. The molecule has 0 heterocycles. The van der Waals surface area contributed by atoms with Crippen LogP contribution in [0, 0.1) is 0 Å². The topological polar surface area (TPSA) is 35.2 Å². The van der Waals surface area contributed by atoms with E-state index in [-0.39, 0.29) is 6.04 Å². The van der Waals surface area contributed by atoms with Gasteiger partial charge in [0.1, 0.15) is 12.4 Å². The van der Waals surface area contributed by atoms with Gasteiger partial charge in [-0.05, 0) is 60.6 Å². The second kappa shape index (κ2) is 5.68. The molecule has 3 rings (SSSR count). The van der Waals surface area contributed by atoms with Crippen LogP contribution in [0.5, 0.6) is 5.75 Å². The van der Waals surface area contributed by atoms with E-state index in [1.807, 2.05) is 31.2 Å². The molecule has 1 aliphatic rings. The average molecular weight is 267 g/mol. The lowest BCUT2D eigenvalue weighted by atomic mass is 10.1. The highest BCUT2D eigenvalue weighted by Crippen LogP contribution is 2.24. The zero-order chi connectivity index (χ0) is 13.9. The largest absolute Gasteiger partial charge is 0.489 e. The van der Waals surface area contributed by atoms with E-state index < -0.39 is 0 Å². The molecule has 0 saturated carbocycles. The first-order chi connectivity index (χ1) is 9.72. The lowest BCUT2D eigenvalue weighted by molar-refractivity contribution is 0.306. The number of hydrogen-bond donors (Lipinski definition) is 1. The molecule has 2 nitrogen and oxygen atoms in total. The van der Waals surface area contributed by atoms with Crippen LogP contribution in [0.15, 0.2) is 42.5 Å². The second-order valence-electron chi connectivity index (χ2n) is 5.60. The van der Waals surface area contributed by atoms with Crippen LogP contribution in [-0.2, 0) is 19.4 Å². The lowest BCUT2D eigenvalue weighted by Gasteiger charge is -2.10. The Morgan fingerprint density at radius 2 is 1.80 bits per heavy atom. The Balaban J connectivity index is 1.64. The highest BCUT2D eigenvalue weighted by molar-refractivity contribution is 5.35. The maximum absolute atomic E-state index is 5.85. The molecule has 0 amide bonds. The molecule has 0 aliphatic heterocycles. The summed E-state index contributed by atoms with van der Waals surface area (Å²) in [6.45, 7) is 2.62. The summed E-state index contributed by atoms with van der Waals surface area (Å²) in [7, 11) is 0. The van der Waals surface area contributed by atoms with E-state index in [1.54, 1.807) is 0 Å². The van der Waals surface area contributed by atoms with Crippen molar-refractivity contribution in [3.05, 3.63) is 64.7 Å². The second-order valence-corrected chi connectivity index (χ2v) is 5.60. The van der Waals surface area contributed by atoms with Gasteiger partial charge in [0, 0.05) is 6.04 Å². The molecular formula is C18H21NO. The van der Waals surface area contributed by atoms with Crippen LogP contribution in [0.2, 0.25) is 0 Å². The predicted molar refractivity (Wildman–Crippen MR) is 81.8 cm³/mol. The summed E-state index contributed by atoms with van der Waals surface area (Å²) in [5.41, 5.74) is 11.2. The molecule has 1 atom stereocenters. The molecule has 0 radical (unpaired) electrons. The van der Waals surface area contributed by atoms with Gasteiger partial charge in [0.2, 0.25) is 0 Å². The summed E-state index contributed by atoms with van der Waals surface area (Å²) in [5.74, 6) is 0.898. The fraction of sp³-hybridized carbons (Fsp3) is 0.333. The molecule has 1 aliphatic carbocycles. The van der Waals surface area contributed by atoms with Gasteiger partial charge in [-0.25, -0.2) is 0 Å². The van der Waals surface area contributed by atoms with E-state index in [0.29, 0.717) is 6.61 Å². The number of hydrogen-bond acceptors (Lipinski definition) is 2. The summed E-state index contributed by atoms with van der Waals surface area (Å²) >= 11 is 0. The van der Waals surface area contributed by atoms with Crippen molar-refractivity contribution in [3.8, 4) is 5.75 Å². The normalized spacial score (nSPS) is 14.9. The zero-order valence-electron chi connectivity index (χ0n) is 11.9. The quantitative estimate of drug-likeness (QED) is 0.915. The van der Waals surface area contributed by atoms with Crippen LogP contribution in [0.4, 0.5) is 0 Å². The molecule has 0 spiro atoms. The van der Waals surface area contributed by atoms with Gasteiger partial charge in [-0.15, -0.1) is 0 Å². The number of aryl methyl sites for hydroxylation is 2. The summed E-state index contributed by atoms with van der Waals surface area (Å²) in [6.07, 6.45) is 3.74. The maximum atomic E-state index is 5.85. The number of benzene rings is 2. The fourth-order valence-corrected chi connectivity index (χ4v) is 2.75. The number of ether oxygens (including phenoxy) is 1. The third-order valence-electron chi connectivity index (χ3n) is 3.97. The van der Waals surface area contributed by atoms with Crippen molar-refractivity contribution >= 4 is 0 Å². The zero-order valence-corrected chi connectivity index (χ0v) is 11.9. The standard InChI is InChI=1S/C18H21NO/c1-13(19)15-7-9-18(10-8-15)20-12-14-5-6-16-3-2-4-17(16)11-14/h5-11,13H,2-4,12,19H2,1H3/t13-/m0/s1. The molecule has 0 fully saturated rings. The summed E-state index contributed by atoms with van der Waals surface area (Å²) < 4.78 is 5.85. The highest BCUT2D eigenvalue weighted by atomic mass is 16.5. The van der Waals surface area contributed by atoms with Gasteiger partial charge >= 0.3 is 0 Å². The third-order valence-corrected chi connectivity index (χ3v) is 3.97. The molecule has 20 heavy (non-hydrogen) atoms. The van der Waals surface area contributed by atoms with E-state index in [4.69, 9.17) is 10.5 Å². The van der Waals surface area contributed by atoms with Gasteiger partial charge in [-0.2, -0.15) is 0 Å². The summed E-state index contributed by atoms with van der Waals surface area (Å²) in [5, 5.41) is 0. The molecule has 104 valence electrons. The minimum Gasteiger partial charge on any atom is -0.489 e. The first-order valence-corrected chi connectivity index (χ1v) is 7.31. The van der Waals surface area contributed by atoms with E-state index >= 15 is 0 Å². The van der Waals surface area contributed by atoms with E-state index in [1.165, 1.54) is 36.0 Å². The molecule has 0 unspecified atom stereocenters. The van der Waals surface area contributed by atoms with Crippen LogP contribution < -0.4 is 10.5 Å². The minimum absolute atomic E-state index is 0.0701. The average Bonchev–Trinajstić information content (AvgIpc) is 2.93. The van der Waals surface area contributed by atoms with Gasteiger partial charge in [0.25, 0.3) is 0 Å². The molecule has 2 aromatic carbocycles. The Morgan fingerprint density at radius 1 is 1.05 bits per heavy atom. The van der Waals surface area contributed by atoms with Crippen LogP contribution >= 0.6 is 0 Å². The van der Waals surface area contributed by atoms with Crippen molar-refractivity contribution in [2.45, 2.75) is 38.8 Å². The van der Waals surface area contributed by atoms with Crippen molar-refractivity contribution in [1.29, 1.82) is 0 Å². The van der Waals surface area contributed by atoms with Crippen LogP contribution in [0.3, 0.4) is 0 Å². The maximum Gasteiger partial charge on any atom is 0.119 e. The third kappa shape index (κ3) is 2.86. The molecule has 2 N–H and O–H groups in total. The minimum atomic E-state index is 0.0701. The van der Waals surface area contributed by atoms with Gasteiger partial charge in [0.05, 0.1) is 0 Å². The SMILES string of the molecule is C[C@H](N)c1ccc(OCc2ccc3c(c2)CCC3)cc1. The number of rotatable bonds is 4. The summed E-state index contributed by atoms with van der Waals surface area (Å²) in [4.78, 5) is 0. The van der Waals surface area contributed by atoms with Gasteiger partial charge in [-0.3, -0.25) is 0 Å². The van der Waals surface area contributed by atoms with Crippen molar-refractivity contribution in [3.63, 3.8) is 0 Å². The number of fused-ring (bicyclic) bond motifs is 1. The lowest BCUT2D eigenvalue weighted by Crippen LogP contribution is -2.04. The van der Waals surface area contributed by atoms with Crippen molar-refractivity contribution in [1.82, 2.24) is 0 Å². The van der Waals surface area contributed by atoms with Crippen LogP contribution in [0.25, 0.3) is 0 Å². The van der Waals surface area contributed by atoms with E-state index in [2.05, 4.69) is 18.2 Å². The van der Waals surface area contributed by atoms with Crippen LogP contribution in [0.1, 0.15) is 41.6 Å². The van der Waals surface area contributed by atoms with Crippen molar-refractivity contribution in [2.75, 3.05) is 0 Å². The van der Waals surface area contributed by atoms with Crippen molar-refractivity contribution < 1.29 is 4.74 Å². The summed E-state index contributed by atoms with van der Waals surface area (Å²) in [6, 6.07) is 14.8. The Labute approximate surface area is 120 Å². The Kier molecular flexibility index (Phi) is 3.75.